The monoisotopic (exact) mass is 302 g/mol. The summed E-state index contributed by atoms with van der Waals surface area (Å²) in [6, 6.07) is 13.6. The van der Waals surface area contributed by atoms with Gasteiger partial charge in [-0.2, -0.15) is 0 Å². The Morgan fingerprint density at radius 1 is 1.10 bits per heavy atom. The van der Waals surface area contributed by atoms with Gasteiger partial charge in [0.05, 0.1) is 10.7 Å². The Morgan fingerprint density at radius 2 is 1.86 bits per heavy atom. The van der Waals surface area contributed by atoms with E-state index in [0.29, 0.717) is 23.7 Å². The Kier molecular flexibility index (Phi) is 5.23. The molecule has 2 aromatic rings. The number of aryl methyl sites for hydroxylation is 2. The average molecular weight is 303 g/mol. The Hall–Kier alpha value is -2.00. The molecule has 0 atom stereocenters. The zero-order valence-corrected chi connectivity index (χ0v) is 13.0. The molecular formula is C17H19ClN2O. The summed E-state index contributed by atoms with van der Waals surface area (Å²) in [5, 5.41) is 6.65. The van der Waals surface area contributed by atoms with Crippen LogP contribution in [0.3, 0.4) is 0 Å². The summed E-state index contributed by atoms with van der Waals surface area (Å²) in [6.45, 7) is 4.58. The van der Waals surface area contributed by atoms with Gasteiger partial charge >= 0.3 is 0 Å². The molecule has 0 bridgehead atoms. The van der Waals surface area contributed by atoms with E-state index in [-0.39, 0.29) is 5.91 Å². The van der Waals surface area contributed by atoms with Crippen LogP contribution in [0.25, 0.3) is 0 Å². The van der Waals surface area contributed by atoms with Crippen molar-refractivity contribution >= 4 is 28.9 Å². The lowest BCUT2D eigenvalue weighted by Gasteiger charge is -2.10. The van der Waals surface area contributed by atoms with Gasteiger partial charge in [0.1, 0.15) is 0 Å². The van der Waals surface area contributed by atoms with E-state index in [1.165, 1.54) is 5.56 Å². The highest BCUT2D eigenvalue weighted by Gasteiger charge is 2.06. The number of rotatable bonds is 5. The topological polar surface area (TPSA) is 41.1 Å². The predicted molar refractivity (Wildman–Crippen MR) is 89.1 cm³/mol. The minimum absolute atomic E-state index is 0.0539. The predicted octanol–water partition coefficient (Wildman–Crippen LogP) is 4.40. The van der Waals surface area contributed by atoms with Crippen LogP contribution in [-0.2, 0) is 4.79 Å². The molecule has 2 rings (SSSR count). The van der Waals surface area contributed by atoms with Crippen LogP contribution in [0.1, 0.15) is 17.5 Å². The summed E-state index contributed by atoms with van der Waals surface area (Å²) in [5.41, 5.74) is 3.94. The van der Waals surface area contributed by atoms with Gasteiger partial charge in [0.25, 0.3) is 0 Å². The van der Waals surface area contributed by atoms with Crippen LogP contribution in [0.4, 0.5) is 11.4 Å². The quantitative estimate of drug-likeness (QED) is 0.859. The first-order valence-corrected chi connectivity index (χ1v) is 7.29. The molecule has 0 aliphatic rings. The van der Waals surface area contributed by atoms with E-state index in [1.807, 2.05) is 56.3 Å². The smallest absolute Gasteiger partial charge is 0.226 e. The van der Waals surface area contributed by atoms with Crippen LogP contribution in [0.2, 0.25) is 5.02 Å². The third kappa shape index (κ3) is 4.50. The molecule has 2 N–H and O–H groups in total. The van der Waals surface area contributed by atoms with Crippen molar-refractivity contribution in [3.05, 3.63) is 58.6 Å². The zero-order chi connectivity index (χ0) is 15.2. The summed E-state index contributed by atoms with van der Waals surface area (Å²) < 4.78 is 0. The molecule has 1 amide bonds. The first kappa shape index (κ1) is 15.4. The van der Waals surface area contributed by atoms with Crippen LogP contribution in [0, 0.1) is 13.8 Å². The Labute approximate surface area is 130 Å². The Bertz CT molecular complexity index is 640. The Balaban J connectivity index is 1.84. The number of hydrogen-bond donors (Lipinski definition) is 2. The lowest BCUT2D eigenvalue weighted by atomic mass is 10.2. The highest BCUT2D eigenvalue weighted by atomic mass is 35.5. The molecule has 0 heterocycles. The van der Waals surface area contributed by atoms with Gasteiger partial charge in [-0.05, 0) is 43.2 Å². The van der Waals surface area contributed by atoms with Crippen molar-refractivity contribution in [1.82, 2.24) is 0 Å². The molecule has 0 aromatic heterocycles. The molecule has 0 saturated heterocycles. The molecule has 0 aliphatic carbocycles. The normalized spacial score (nSPS) is 10.2. The summed E-state index contributed by atoms with van der Waals surface area (Å²) in [7, 11) is 0. The standard InChI is InChI=1S/C17H19ClN2O/c1-12-7-8-16(14(18)11-12)20-17(21)9-10-19-15-6-4-3-5-13(15)2/h3-8,11,19H,9-10H2,1-2H3,(H,20,21). The van der Waals surface area contributed by atoms with Gasteiger partial charge in [-0.3, -0.25) is 4.79 Å². The lowest BCUT2D eigenvalue weighted by Crippen LogP contribution is -2.16. The maximum absolute atomic E-state index is 11.9. The SMILES string of the molecule is Cc1ccc(NC(=O)CCNc2ccccc2C)c(Cl)c1. The van der Waals surface area contributed by atoms with Crippen molar-refractivity contribution in [2.45, 2.75) is 20.3 Å². The number of hydrogen-bond acceptors (Lipinski definition) is 2. The fourth-order valence-corrected chi connectivity index (χ4v) is 2.30. The first-order valence-electron chi connectivity index (χ1n) is 6.92. The molecule has 3 nitrogen and oxygen atoms in total. The number of carbonyl (C=O) groups excluding carboxylic acids is 1. The number of halogens is 1. The van der Waals surface area contributed by atoms with Crippen LogP contribution < -0.4 is 10.6 Å². The van der Waals surface area contributed by atoms with Gasteiger partial charge in [-0.1, -0.05) is 35.9 Å². The minimum Gasteiger partial charge on any atom is -0.384 e. The van der Waals surface area contributed by atoms with Crippen molar-refractivity contribution in [1.29, 1.82) is 0 Å². The molecule has 0 fully saturated rings. The van der Waals surface area contributed by atoms with Gasteiger partial charge in [0.15, 0.2) is 0 Å². The third-order valence-electron chi connectivity index (χ3n) is 3.21. The van der Waals surface area contributed by atoms with Gasteiger partial charge in [-0.15, -0.1) is 0 Å². The van der Waals surface area contributed by atoms with Crippen molar-refractivity contribution in [2.75, 3.05) is 17.2 Å². The summed E-state index contributed by atoms with van der Waals surface area (Å²) in [5.74, 6) is -0.0539. The molecule has 21 heavy (non-hydrogen) atoms. The minimum atomic E-state index is -0.0539. The summed E-state index contributed by atoms with van der Waals surface area (Å²) in [4.78, 5) is 11.9. The first-order chi connectivity index (χ1) is 10.1. The molecule has 4 heteroatoms. The molecule has 0 radical (unpaired) electrons. The molecule has 0 spiro atoms. The van der Waals surface area contributed by atoms with Crippen LogP contribution in [-0.4, -0.2) is 12.5 Å². The number of carbonyl (C=O) groups is 1. The lowest BCUT2D eigenvalue weighted by molar-refractivity contribution is -0.115. The second kappa shape index (κ2) is 7.14. The Morgan fingerprint density at radius 3 is 2.57 bits per heavy atom. The maximum atomic E-state index is 11.9. The summed E-state index contributed by atoms with van der Waals surface area (Å²) in [6.07, 6.45) is 0.387. The highest BCUT2D eigenvalue weighted by Crippen LogP contribution is 2.22. The van der Waals surface area contributed by atoms with Gasteiger partial charge in [0.2, 0.25) is 5.91 Å². The molecular weight excluding hydrogens is 284 g/mol. The van der Waals surface area contributed by atoms with Crippen LogP contribution in [0.15, 0.2) is 42.5 Å². The second-order valence-corrected chi connectivity index (χ2v) is 5.43. The second-order valence-electron chi connectivity index (χ2n) is 5.02. The zero-order valence-electron chi connectivity index (χ0n) is 12.2. The number of anilines is 2. The molecule has 2 aromatic carbocycles. The van der Waals surface area contributed by atoms with Crippen molar-refractivity contribution in [3.63, 3.8) is 0 Å². The highest BCUT2D eigenvalue weighted by molar-refractivity contribution is 6.33. The number of para-hydroxylation sites is 1. The van der Waals surface area contributed by atoms with E-state index in [2.05, 4.69) is 10.6 Å². The third-order valence-corrected chi connectivity index (χ3v) is 3.52. The van der Waals surface area contributed by atoms with E-state index in [1.54, 1.807) is 0 Å². The largest absolute Gasteiger partial charge is 0.384 e. The molecule has 110 valence electrons. The van der Waals surface area contributed by atoms with Crippen molar-refractivity contribution in [2.24, 2.45) is 0 Å². The molecule has 0 saturated carbocycles. The average Bonchev–Trinajstić information content (AvgIpc) is 2.44. The van der Waals surface area contributed by atoms with E-state index in [9.17, 15) is 4.79 Å². The van der Waals surface area contributed by atoms with E-state index >= 15 is 0 Å². The van der Waals surface area contributed by atoms with E-state index in [0.717, 1.165) is 11.3 Å². The van der Waals surface area contributed by atoms with Gasteiger partial charge < -0.3 is 10.6 Å². The molecule has 0 unspecified atom stereocenters. The maximum Gasteiger partial charge on any atom is 0.226 e. The number of nitrogens with one attached hydrogen (secondary N) is 2. The summed E-state index contributed by atoms with van der Waals surface area (Å²) >= 11 is 6.09. The van der Waals surface area contributed by atoms with Crippen molar-refractivity contribution < 1.29 is 4.79 Å². The van der Waals surface area contributed by atoms with Gasteiger partial charge in [-0.25, -0.2) is 0 Å². The van der Waals surface area contributed by atoms with Gasteiger partial charge in [0, 0.05) is 18.7 Å². The fraction of sp³-hybridized carbons (Fsp3) is 0.235. The fourth-order valence-electron chi connectivity index (χ4n) is 2.02. The van der Waals surface area contributed by atoms with Crippen LogP contribution in [0.5, 0.6) is 0 Å². The number of amides is 1. The molecule has 0 aliphatic heterocycles. The van der Waals surface area contributed by atoms with E-state index < -0.39 is 0 Å². The van der Waals surface area contributed by atoms with E-state index in [4.69, 9.17) is 11.6 Å². The number of benzene rings is 2. The van der Waals surface area contributed by atoms with Crippen LogP contribution >= 0.6 is 11.6 Å². The van der Waals surface area contributed by atoms with Crippen molar-refractivity contribution in [3.8, 4) is 0 Å².